The second-order valence-electron chi connectivity index (χ2n) is 4.64. The molecule has 1 unspecified atom stereocenters. The minimum Gasteiger partial charge on any atom is -0.147 e. The fraction of sp³-hybridized carbons (Fsp3) is 0.571. The van der Waals surface area contributed by atoms with E-state index in [-0.39, 0.29) is 0 Å². The molecule has 1 saturated heterocycles. The number of hydrogen-bond donors (Lipinski definition) is 0. The highest BCUT2D eigenvalue weighted by atomic mass is 32.2. The van der Waals surface area contributed by atoms with Crippen LogP contribution >= 0.6 is 23.5 Å². The molecule has 1 aromatic carbocycles. The zero-order valence-corrected chi connectivity index (χ0v) is 11.7. The zero-order chi connectivity index (χ0) is 11.4. The van der Waals surface area contributed by atoms with Crippen molar-refractivity contribution in [3.63, 3.8) is 0 Å². The summed E-state index contributed by atoms with van der Waals surface area (Å²) in [6.45, 7) is 4.50. The molecule has 0 spiro atoms. The van der Waals surface area contributed by atoms with E-state index in [1.807, 2.05) is 11.8 Å². The first-order chi connectivity index (χ1) is 7.75. The highest BCUT2D eigenvalue weighted by molar-refractivity contribution is 8.17. The van der Waals surface area contributed by atoms with Crippen molar-refractivity contribution in [3.8, 4) is 0 Å². The quantitative estimate of drug-likeness (QED) is 0.730. The molecule has 1 aliphatic heterocycles. The van der Waals surface area contributed by atoms with E-state index < -0.39 is 0 Å². The lowest BCUT2D eigenvalue weighted by molar-refractivity contribution is 0.747. The molecule has 0 amide bonds. The molecule has 1 aliphatic rings. The van der Waals surface area contributed by atoms with Crippen LogP contribution in [0.5, 0.6) is 0 Å². The molecule has 0 aromatic heterocycles. The highest BCUT2D eigenvalue weighted by Crippen LogP contribution is 2.38. The predicted molar refractivity (Wildman–Crippen MR) is 76.5 cm³/mol. The van der Waals surface area contributed by atoms with Gasteiger partial charge in [-0.2, -0.15) is 0 Å². The summed E-state index contributed by atoms with van der Waals surface area (Å²) in [7, 11) is 0. The third-order valence-electron chi connectivity index (χ3n) is 2.95. The smallest absolute Gasteiger partial charge is 0.0549 e. The average Bonchev–Trinajstić information content (AvgIpc) is 2.31. The Labute approximate surface area is 108 Å². The molecule has 0 N–H and O–H groups in total. The van der Waals surface area contributed by atoms with Crippen molar-refractivity contribution in [1.82, 2.24) is 0 Å². The zero-order valence-electron chi connectivity index (χ0n) is 10.1. The van der Waals surface area contributed by atoms with E-state index >= 15 is 0 Å². The lowest BCUT2D eigenvalue weighted by atomic mass is 10.0. The van der Waals surface area contributed by atoms with Gasteiger partial charge in [-0.1, -0.05) is 32.4 Å². The van der Waals surface area contributed by atoms with E-state index in [0.717, 1.165) is 4.58 Å². The van der Waals surface area contributed by atoms with Gasteiger partial charge in [0, 0.05) is 4.90 Å². The fourth-order valence-electron chi connectivity index (χ4n) is 1.89. The first-order valence-electron chi connectivity index (χ1n) is 6.14. The molecule has 88 valence electrons. The average molecular weight is 252 g/mol. The Morgan fingerprint density at radius 2 is 1.94 bits per heavy atom. The molecule has 2 heteroatoms. The first kappa shape index (κ1) is 12.4. The molecule has 2 rings (SSSR count). The third kappa shape index (κ3) is 3.46. The summed E-state index contributed by atoms with van der Waals surface area (Å²) in [4.78, 5) is 1.43. The van der Waals surface area contributed by atoms with Crippen LogP contribution in [-0.4, -0.2) is 10.3 Å². The first-order valence-corrected chi connectivity index (χ1v) is 8.07. The lowest BCUT2D eigenvalue weighted by Gasteiger charge is -2.20. The summed E-state index contributed by atoms with van der Waals surface area (Å²) in [5.41, 5.74) is 1.45. The summed E-state index contributed by atoms with van der Waals surface area (Å²) in [6, 6.07) is 9.13. The van der Waals surface area contributed by atoms with E-state index in [1.165, 1.54) is 35.5 Å². The minimum absolute atomic E-state index is 0.642. The van der Waals surface area contributed by atoms with Crippen molar-refractivity contribution in [2.24, 2.45) is 0 Å². The van der Waals surface area contributed by atoms with E-state index in [0.29, 0.717) is 5.92 Å². The monoisotopic (exact) mass is 252 g/mol. The normalized spacial score (nSPS) is 21.3. The molecule has 0 nitrogen and oxygen atoms in total. The molecule has 0 radical (unpaired) electrons. The SMILES string of the molecule is CC(C)c1ccc(SC2CCCCS2)cc1. The Morgan fingerprint density at radius 1 is 1.19 bits per heavy atom. The highest BCUT2D eigenvalue weighted by Gasteiger charge is 2.14. The van der Waals surface area contributed by atoms with Crippen LogP contribution in [0, 0.1) is 0 Å². The summed E-state index contributed by atoms with van der Waals surface area (Å²) in [5, 5.41) is 0. The predicted octanol–water partition coefficient (Wildman–Crippen LogP) is 5.15. The van der Waals surface area contributed by atoms with Gasteiger partial charge in [0.25, 0.3) is 0 Å². The Bertz CT molecular complexity index is 310. The van der Waals surface area contributed by atoms with Crippen LogP contribution in [0.3, 0.4) is 0 Å². The van der Waals surface area contributed by atoms with Crippen molar-refractivity contribution in [1.29, 1.82) is 0 Å². The van der Waals surface area contributed by atoms with Crippen LogP contribution in [0.4, 0.5) is 0 Å². The Kier molecular flexibility index (Phi) is 4.66. The van der Waals surface area contributed by atoms with Crippen molar-refractivity contribution >= 4 is 23.5 Å². The van der Waals surface area contributed by atoms with Crippen LogP contribution in [0.2, 0.25) is 0 Å². The van der Waals surface area contributed by atoms with Crippen molar-refractivity contribution in [3.05, 3.63) is 29.8 Å². The maximum atomic E-state index is 2.29. The summed E-state index contributed by atoms with van der Waals surface area (Å²) < 4.78 is 0.790. The van der Waals surface area contributed by atoms with Gasteiger partial charge in [0.2, 0.25) is 0 Å². The Hall–Kier alpha value is -0.0800. The molecular formula is C14H20S2. The van der Waals surface area contributed by atoms with Crippen LogP contribution in [-0.2, 0) is 0 Å². The molecular weight excluding hydrogens is 232 g/mol. The van der Waals surface area contributed by atoms with Crippen molar-refractivity contribution in [2.45, 2.75) is 48.5 Å². The van der Waals surface area contributed by atoms with Gasteiger partial charge in [0.05, 0.1) is 4.58 Å². The summed E-state index contributed by atoms with van der Waals surface area (Å²) in [5.74, 6) is 1.99. The van der Waals surface area contributed by atoms with E-state index in [9.17, 15) is 0 Å². The lowest BCUT2D eigenvalue weighted by Crippen LogP contribution is -2.04. The van der Waals surface area contributed by atoms with Gasteiger partial charge in [-0.3, -0.25) is 0 Å². The molecule has 1 aromatic rings. The van der Waals surface area contributed by atoms with Gasteiger partial charge in [0.1, 0.15) is 0 Å². The van der Waals surface area contributed by atoms with Crippen LogP contribution in [0.1, 0.15) is 44.6 Å². The molecule has 1 heterocycles. The second kappa shape index (κ2) is 6.02. The van der Waals surface area contributed by atoms with Gasteiger partial charge in [-0.25, -0.2) is 0 Å². The van der Waals surface area contributed by atoms with Crippen molar-refractivity contribution in [2.75, 3.05) is 5.75 Å². The third-order valence-corrected chi connectivity index (χ3v) is 5.82. The number of benzene rings is 1. The largest absolute Gasteiger partial charge is 0.147 e. The molecule has 0 bridgehead atoms. The van der Waals surface area contributed by atoms with Crippen LogP contribution in [0.15, 0.2) is 29.2 Å². The number of rotatable bonds is 3. The molecule has 16 heavy (non-hydrogen) atoms. The van der Waals surface area contributed by atoms with Crippen LogP contribution in [0.25, 0.3) is 0 Å². The summed E-state index contributed by atoms with van der Waals surface area (Å²) >= 11 is 4.18. The standard InChI is InChI=1S/C14H20S2/c1-11(2)12-6-8-13(9-7-12)16-14-5-3-4-10-15-14/h6-9,11,14H,3-5,10H2,1-2H3. The molecule has 1 atom stereocenters. The maximum Gasteiger partial charge on any atom is 0.0549 e. The van der Waals surface area contributed by atoms with Gasteiger partial charge in [-0.05, 0) is 42.2 Å². The van der Waals surface area contributed by atoms with Crippen LogP contribution < -0.4 is 0 Å². The molecule has 1 fully saturated rings. The Morgan fingerprint density at radius 3 is 2.50 bits per heavy atom. The fourth-order valence-corrected chi connectivity index (χ4v) is 4.63. The van der Waals surface area contributed by atoms with Gasteiger partial charge >= 0.3 is 0 Å². The van der Waals surface area contributed by atoms with Gasteiger partial charge in [-0.15, -0.1) is 23.5 Å². The topological polar surface area (TPSA) is 0 Å². The number of hydrogen-bond acceptors (Lipinski definition) is 2. The van der Waals surface area contributed by atoms with E-state index in [1.54, 1.807) is 0 Å². The minimum atomic E-state index is 0.642. The molecule has 0 aliphatic carbocycles. The molecule has 0 saturated carbocycles. The number of thioether (sulfide) groups is 2. The summed E-state index contributed by atoms with van der Waals surface area (Å²) in [6.07, 6.45) is 4.20. The second-order valence-corrected chi connectivity index (χ2v) is 7.52. The van der Waals surface area contributed by atoms with E-state index in [2.05, 4.69) is 49.9 Å². The van der Waals surface area contributed by atoms with E-state index in [4.69, 9.17) is 0 Å². The maximum absolute atomic E-state index is 2.29. The van der Waals surface area contributed by atoms with Gasteiger partial charge < -0.3 is 0 Å². The van der Waals surface area contributed by atoms with Gasteiger partial charge in [0.15, 0.2) is 0 Å². The van der Waals surface area contributed by atoms with Crippen molar-refractivity contribution < 1.29 is 0 Å². The Balaban J connectivity index is 1.93.